The van der Waals surface area contributed by atoms with Crippen LogP contribution in [0.4, 0.5) is 28.9 Å². The maximum atomic E-state index is 13.2. The highest BCUT2D eigenvalue weighted by Gasteiger charge is 2.43. The molecule has 194 valence electrons. The molecule has 2 aromatic carbocycles. The molecule has 0 saturated carbocycles. The summed E-state index contributed by atoms with van der Waals surface area (Å²) in [4.78, 5) is 26.7. The summed E-state index contributed by atoms with van der Waals surface area (Å²) in [6.07, 6.45) is -1.52. The molecule has 2 fully saturated rings. The second-order valence-electron chi connectivity index (χ2n) is 9.17. The number of anilines is 2. The van der Waals surface area contributed by atoms with Gasteiger partial charge in [-0.3, -0.25) is 9.59 Å². The van der Waals surface area contributed by atoms with Crippen molar-refractivity contribution in [3.8, 4) is 5.75 Å². The fourth-order valence-electron chi connectivity index (χ4n) is 5.17. The highest BCUT2D eigenvalue weighted by atomic mass is 35.5. The molecule has 2 saturated heterocycles. The van der Waals surface area contributed by atoms with Gasteiger partial charge in [0.2, 0.25) is 11.8 Å². The number of benzene rings is 2. The van der Waals surface area contributed by atoms with Crippen LogP contribution in [-0.4, -0.2) is 41.2 Å². The van der Waals surface area contributed by atoms with Gasteiger partial charge in [0.15, 0.2) is 0 Å². The molecular formula is C25H26ClF4N3O3. The number of carbonyl (C=O) groups excluding carboxylic acids is 2. The summed E-state index contributed by atoms with van der Waals surface area (Å²) >= 11 is 5.93. The van der Waals surface area contributed by atoms with Gasteiger partial charge in [0.05, 0.1) is 5.02 Å². The van der Waals surface area contributed by atoms with Crippen LogP contribution in [-0.2, 0) is 16.0 Å². The zero-order chi connectivity index (χ0) is 26.0. The Bertz CT molecular complexity index is 1110. The van der Waals surface area contributed by atoms with Crippen molar-refractivity contribution in [2.24, 2.45) is 0 Å². The van der Waals surface area contributed by atoms with E-state index in [-0.39, 0.29) is 53.4 Å². The van der Waals surface area contributed by atoms with Gasteiger partial charge in [0.25, 0.3) is 0 Å². The predicted molar refractivity (Wildman–Crippen MR) is 127 cm³/mol. The van der Waals surface area contributed by atoms with Crippen molar-refractivity contribution in [2.75, 3.05) is 10.6 Å². The number of hydrogen-bond acceptors (Lipinski definition) is 4. The van der Waals surface area contributed by atoms with E-state index in [0.717, 1.165) is 37.4 Å². The van der Waals surface area contributed by atoms with E-state index in [9.17, 15) is 27.2 Å². The van der Waals surface area contributed by atoms with Gasteiger partial charge >= 0.3 is 6.36 Å². The van der Waals surface area contributed by atoms with Crippen molar-refractivity contribution in [1.82, 2.24) is 4.90 Å². The molecule has 36 heavy (non-hydrogen) atoms. The standard InChI is InChI=1S/C25H26ClF4N3O3/c1-14(34)31-22-13-21(26)23(36-25(28,29)30)10-15(22)2-9-24(35)33-19-7-8-20(33)12-18(11-19)32-17-5-3-16(27)4-6-17/h3-6,10,13,18-20,32H,2,7-9,11-12H2,1H3,(H,31,34)/t18?,19-,20+. The molecule has 2 aromatic rings. The fourth-order valence-corrected chi connectivity index (χ4v) is 5.37. The summed E-state index contributed by atoms with van der Waals surface area (Å²) in [7, 11) is 0. The fraction of sp³-hybridized carbons (Fsp3) is 0.440. The van der Waals surface area contributed by atoms with E-state index >= 15 is 0 Å². The Balaban J connectivity index is 1.42. The van der Waals surface area contributed by atoms with Crippen LogP contribution in [0.3, 0.4) is 0 Å². The van der Waals surface area contributed by atoms with E-state index in [1.54, 1.807) is 12.1 Å². The number of ether oxygens (including phenoxy) is 1. The topological polar surface area (TPSA) is 70.7 Å². The van der Waals surface area contributed by atoms with Gasteiger partial charge < -0.3 is 20.3 Å². The van der Waals surface area contributed by atoms with Gasteiger partial charge in [-0.15, -0.1) is 13.2 Å². The van der Waals surface area contributed by atoms with E-state index in [1.165, 1.54) is 25.1 Å². The molecule has 2 heterocycles. The number of fused-ring (bicyclic) bond motifs is 2. The second-order valence-corrected chi connectivity index (χ2v) is 9.58. The lowest BCUT2D eigenvalue weighted by atomic mass is 9.96. The Hall–Kier alpha value is -3.01. The Morgan fingerprint density at radius 2 is 1.75 bits per heavy atom. The summed E-state index contributed by atoms with van der Waals surface area (Å²) in [5.74, 6) is -1.41. The van der Waals surface area contributed by atoms with Gasteiger partial charge in [-0.2, -0.15) is 0 Å². The van der Waals surface area contributed by atoms with Crippen LogP contribution >= 0.6 is 11.6 Å². The van der Waals surface area contributed by atoms with E-state index in [2.05, 4.69) is 15.4 Å². The van der Waals surface area contributed by atoms with Gasteiger partial charge in [-0.1, -0.05) is 11.6 Å². The third kappa shape index (κ3) is 6.40. The molecule has 1 unspecified atom stereocenters. The first kappa shape index (κ1) is 26.1. The average Bonchev–Trinajstić information content (AvgIpc) is 3.05. The third-order valence-corrected chi connectivity index (χ3v) is 6.83. The lowest BCUT2D eigenvalue weighted by Gasteiger charge is -2.39. The Labute approximate surface area is 210 Å². The number of amides is 2. The molecule has 2 N–H and O–H groups in total. The zero-order valence-electron chi connectivity index (χ0n) is 19.5. The van der Waals surface area contributed by atoms with E-state index < -0.39 is 18.0 Å². The quantitative estimate of drug-likeness (QED) is 0.440. The van der Waals surface area contributed by atoms with Gasteiger partial charge in [0.1, 0.15) is 11.6 Å². The van der Waals surface area contributed by atoms with Gasteiger partial charge in [-0.05, 0) is 74.1 Å². The summed E-state index contributed by atoms with van der Waals surface area (Å²) in [5.41, 5.74) is 1.38. The van der Waals surface area contributed by atoms with Crippen molar-refractivity contribution in [1.29, 1.82) is 0 Å². The predicted octanol–water partition coefficient (Wildman–Crippen LogP) is 5.90. The maximum absolute atomic E-state index is 13.2. The molecule has 6 nitrogen and oxygen atoms in total. The average molecular weight is 528 g/mol. The largest absolute Gasteiger partial charge is 0.573 e. The summed E-state index contributed by atoms with van der Waals surface area (Å²) in [6, 6.07) is 8.73. The molecule has 0 spiro atoms. The third-order valence-electron chi connectivity index (χ3n) is 6.54. The van der Waals surface area contributed by atoms with Crippen molar-refractivity contribution in [3.63, 3.8) is 0 Å². The molecule has 0 radical (unpaired) electrons. The summed E-state index contributed by atoms with van der Waals surface area (Å²) in [6.45, 7) is 1.27. The van der Waals surface area contributed by atoms with E-state index in [0.29, 0.717) is 5.56 Å². The second kappa shape index (κ2) is 10.5. The molecule has 11 heteroatoms. The lowest BCUT2D eigenvalue weighted by Crippen LogP contribution is -2.49. The smallest absolute Gasteiger partial charge is 0.404 e. The van der Waals surface area contributed by atoms with E-state index in [1.807, 2.05) is 4.90 Å². The van der Waals surface area contributed by atoms with Crippen LogP contribution < -0.4 is 15.4 Å². The molecule has 3 atom stereocenters. The Morgan fingerprint density at radius 1 is 1.11 bits per heavy atom. The first-order chi connectivity index (χ1) is 17.0. The minimum Gasteiger partial charge on any atom is -0.404 e. The summed E-state index contributed by atoms with van der Waals surface area (Å²) < 4.78 is 55.5. The van der Waals surface area contributed by atoms with Crippen LogP contribution in [0.5, 0.6) is 5.75 Å². The number of piperidine rings is 1. The Kier molecular flexibility index (Phi) is 7.63. The highest BCUT2D eigenvalue weighted by molar-refractivity contribution is 6.32. The van der Waals surface area contributed by atoms with E-state index in [4.69, 9.17) is 11.6 Å². The molecule has 2 bridgehead atoms. The van der Waals surface area contributed by atoms with Crippen LogP contribution in [0, 0.1) is 5.82 Å². The number of nitrogens with one attached hydrogen (secondary N) is 2. The van der Waals surface area contributed by atoms with Gasteiger partial charge in [-0.25, -0.2) is 4.39 Å². The number of aryl methyl sites for hydroxylation is 1. The van der Waals surface area contributed by atoms with Crippen molar-refractivity contribution in [3.05, 3.63) is 52.8 Å². The minimum absolute atomic E-state index is 0.0540. The number of rotatable bonds is 7. The van der Waals surface area contributed by atoms with Gasteiger partial charge in [0, 0.05) is 42.8 Å². The van der Waals surface area contributed by atoms with Crippen LogP contribution in [0.2, 0.25) is 5.02 Å². The highest BCUT2D eigenvalue weighted by Crippen LogP contribution is 2.39. The number of alkyl halides is 3. The van der Waals surface area contributed by atoms with Crippen LogP contribution in [0.25, 0.3) is 0 Å². The first-order valence-electron chi connectivity index (χ1n) is 11.7. The van der Waals surface area contributed by atoms with Crippen molar-refractivity contribution >= 4 is 34.8 Å². The first-order valence-corrected chi connectivity index (χ1v) is 12.1. The minimum atomic E-state index is -4.93. The van der Waals surface area contributed by atoms with Crippen molar-refractivity contribution in [2.45, 2.75) is 69.9 Å². The molecule has 2 aliphatic rings. The van der Waals surface area contributed by atoms with Crippen LogP contribution in [0.15, 0.2) is 36.4 Å². The molecule has 2 amide bonds. The number of hydrogen-bond donors (Lipinski definition) is 2. The monoisotopic (exact) mass is 527 g/mol. The maximum Gasteiger partial charge on any atom is 0.573 e. The molecule has 0 aromatic heterocycles. The zero-order valence-corrected chi connectivity index (χ0v) is 20.3. The number of carbonyl (C=O) groups is 2. The summed E-state index contributed by atoms with van der Waals surface area (Å²) in [5, 5.41) is 5.67. The van der Waals surface area contributed by atoms with Crippen molar-refractivity contribution < 1.29 is 31.9 Å². The number of halogens is 5. The Morgan fingerprint density at radius 3 is 2.33 bits per heavy atom. The SMILES string of the molecule is CC(=O)Nc1cc(Cl)c(OC(F)(F)F)cc1CCC(=O)N1[C@@H]2CC[C@H]1CC(Nc1ccc(F)cc1)C2. The lowest BCUT2D eigenvalue weighted by molar-refractivity contribution is -0.274. The molecular weight excluding hydrogens is 502 g/mol. The molecule has 4 rings (SSSR count). The number of nitrogens with zero attached hydrogens (tertiary/aromatic N) is 1. The molecule has 0 aliphatic carbocycles. The molecule has 2 aliphatic heterocycles. The van der Waals surface area contributed by atoms with Crippen LogP contribution in [0.1, 0.15) is 44.6 Å². The normalized spacial score (nSPS) is 21.3.